The summed E-state index contributed by atoms with van der Waals surface area (Å²) in [4.78, 5) is 3.81. The van der Waals surface area contributed by atoms with E-state index in [1.807, 2.05) is 30.3 Å². The van der Waals surface area contributed by atoms with Crippen molar-refractivity contribution in [3.05, 3.63) is 49.1 Å². The van der Waals surface area contributed by atoms with Crippen LogP contribution in [0.5, 0.6) is 0 Å². The van der Waals surface area contributed by atoms with Gasteiger partial charge in [0, 0.05) is 6.20 Å². The van der Waals surface area contributed by atoms with Crippen LogP contribution in [0, 0.1) is 0 Å². The van der Waals surface area contributed by atoms with Crippen LogP contribution in [0.2, 0.25) is 0 Å². The van der Waals surface area contributed by atoms with Crippen molar-refractivity contribution in [2.24, 2.45) is 0 Å². The van der Waals surface area contributed by atoms with Crippen molar-refractivity contribution in [2.45, 2.75) is 0 Å². The number of para-hydroxylation sites is 1. The molecule has 0 spiro atoms. The Morgan fingerprint density at radius 3 is 2.71 bits per heavy atom. The average Bonchev–Trinajstić information content (AvgIpc) is 2.72. The van der Waals surface area contributed by atoms with Crippen molar-refractivity contribution in [3.8, 4) is 0 Å². The highest BCUT2D eigenvalue weighted by Gasteiger charge is 2.07. The van der Waals surface area contributed by atoms with E-state index in [-0.39, 0.29) is 0 Å². The summed E-state index contributed by atoms with van der Waals surface area (Å²) in [7, 11) is 0. The first kappa shape index (κ1) is 9.11. The number of hydrogen-bond acceptors (Lipinski definition) is 3. The lowest BCUT2D eigenvalue weighted by Gasteiger charge is -2.09. The second-order valence-electron chi connectivity index (χ2n) is 2.64. The molecule has 2 aromatic rings. The van der Waals surface area contributed by atoms with Gasteiger partial charge in [-0.05, 0) is 12.1 Å². The molecular formula is C9H9N3OS. The second kappa shape index (κ2) is 4.17. The molecule has 0 aliphatic rings. The lowest BCUT2D eigenvalue weighted by molar-refractivity contribution is 0.591. The summed E-state index contributed by atoms with van der Waals surface area (Å²) in [5, 5.41) is 0. The number of imidazole rings is 1. The maximum atomic E-state index is 11.6. The van der Waals surface area contributed by atoms with Crippen LogP contribution in [0.3, 0.4) is 0 Å². The Balaban J connectivity index is 2.06. The zero-order valence-corrected chi connectivity index (χ0v) is 8.15. The van der Waals surface area contributed by atoms with Gasteiger partial charge in [-0.25, -0.2) is 4.98 Å². The molecule has 0 aliphatic heterocycles. The molecule has 1 atom stereocenters. The van der Waals surface area contributed by atoms with Crippen molar-refractivity contribution in [1.29, 1.82) is 0 Å². The molecule has 1 N–H and O–H groups in total. The summed E-state index contributed by atoms with van der Waals surface area (Å²) >= 11 is -1.30. The molecule has 0 saturated heterocycles. The Morgan fingerprint density at radius 2 is 2.07 bits per heavy atom. The fraction of sp³-hybridized carbons (Fsp3) is 0. The van der Waals surface area contributed by atoms with Gasteiger partial charge in [-0.3, -0.25) is 0 Å². The quantitative estimate of drug-likeness (QED) is 0.774. The van der Waals surface area contributed by atoms with Crippen molar-refractivity contribution in [3.63, 3.8) is 0 Å². The minimum atomic E-state index is -1.30. The third-order valence-electron chi connectivity index (χ3n) is 1.65. The molecule has 0 aliphatic carbocycles. The van der Waals surface area contributed by atoms with Gasteiger partial charge < -0.3 is 4.55 Å². The van der Waals surface area contributed by atoms with E-state index in [1.165, 1.54) is 10.3 Å². The van der Waals surface area contributed by atoms with Crippen molar-refractivity contribution >= 4 is 17.2 Å². The van der Waals surface area contributed by atoms with Gasteiger partial charge >= 0.3 is 0 Å². The molecule has 1 aromatic heterocycles. The molecule has 0 fully saturated rings. The van der Waals surface area contributed by atoms with E-state index in [1.54, 1.807) is 12.4 Å². The number of benzene rings is 1. The molecule has 14 heavy (non-hydrogen) atoms. The molecule has 1 unspecified atom stereocenters. The molecule has 4 nitrogen and oxygen atoms in total. The largest absolute Gasteiger partial charge is 0.568 e. The molecule has 72 valence electrons. The van der Waals surface area contributed by atoms with Crippen LogP contribution in [-0.2, 0) is 11.5 Å². The first-order valence-electron chi connectivity index (χ1n) is 4.08. The predicted octanol–water partition coefficient (Wildman–Crippen LogP) is 1.42. The molecule has 0 bridgehead atoms. The van der Waals surface area contributed by atoms with Crippen LogP contribution in [0.4, 0.5) is 5.69 Å². The van der Waals surface area contributed by atoms with Gasteiger partial charge in [-0.1, -0.05) is 18.2 Å². The van der Waals surface area contributed by atoms with Crippen molar-refractivity contribution in [1.82, 2.24) is 8.96 Å². The Morgan fingerprint density at radius 1 is 1.29 bits per heavy atom. The van der Waals surface area contributed by atoms with E-state index in [0.29, 0.717) is 0 Å². The van der Waals surface area contributed by atoms with Gasteiger partial charge in [0.05, 0.1) is 11.9 Å². The highest BCUT2D eigenvalue weighted by molar-refractivity contribution is 7.91. The van der Waals surface area contributed by atoms with Crippen LogP contribution in [0.25, 0.3) is 0 Å². The molecule has 1 aromatic carbocycles. The summed E-state index contributed by atoms with van der Waals surface area (Å²) in [6.07, 6.45) is 4.74. The molecule has 2 rings (SSSR count). The highest BCUT2D eigenvalue weighted by atomic mass is 32.2. The van der Waals surface area contributed by atoms with Crippen molar-refractivity contribution < 1.29 is 4.55 Å². The summed E-state index contributed by atoms with van der Waals surface area (Å²) in [5.74, 6) is 0. The van der Waals surface area contributed by atoms with Gasteiger partial charge in [0.15, 0.2) is 0 Å². The standard InChI is InChI=1S/C9H9N3OS/c13-14(12-7-6-10-8-12)11-9-4-2-1-3-5-9/h1-8,11H. The van der Waals surface area contributed by atoms with E-state index >= 15 is 0 Å². The SMILES string of the molecule is [O-][S+](Nc1ccccc1)n1ccnc1. The number of anilines is 1. The molecule has 5 heteroatoms. The van der Waals surface area contributed by atoms with Gasteiger partial charge in [0.2, 0.25) is 11.5 Å². The average molecular weight is 207 g/mol. The Labute approximate surface area is 85.0 Å². The number of nitrogens with zero attached hydrogens (tertiary/aromatic N) is 2. The maximum absolute atomic E-state index is 11.6. The third-order valence-corrected chi connectivity index (χ3v) is 2.66. The van der Waals surface area contributed by atoms with Crippen molar-refractivity contribution in [2.75, 3.05) is 4.72 Å². The van der Waals surface area contributed by atoms with Crippen LogP contribution >= 0.6 is 0 Å². The summed E-state index contributed by atoms with van der Waals surface area (Å²) in [6.45, 7) is 0. The van der Waals surface area contributed by atoms with E-state index < -0.39 is 11.5 Å². The van der Waals surface area contributed by atoms with Crippen LogP contribution in [-0.4, -0.2) is 13.5 Å². The monoisotopic (exact) mass is 207 g/mol. The first-order valence-corrected chi connectivity index (χ1v) is 5.19. The highest BCUT2D eigenvalue weighted by Crippen LogP contribution is 2.08. The zero-order valence-electron chi connectivity index (χ0n) is 7.33. The topological polar surface area (TPSA) is 52.9 Å². The zero-order chi connectivity index (χ0) is 9.80. The Kier molecular flexibility index (Phi) is 2.71. The minimum absolute atomic E-state index is 0.819. The number of nitrogens with one attached hydrogen (secondary N) is 1. The van der Waals surface area contributed by atoms with Gasteiger partial charge in [0.1, 0.15) is 6.33 Å². The van der Waals surface area contributed by atoms with Crippen LogP contribution in [0.1, 0.15) is 0 Å². The fourth-order valence-electron chi connectivity index (χ4n) is 1.00. The predicted molar refractivity (Wildman–Crippen MR) is 55.8 cm³/mol. The first-order chi connectivity index (χ1) is 6.86. The molecule has 0 radical (unpaired) electrons. The second-order valence-corrected chi connectivity index (χ2v) is 3.76. The number of rotatable bonds is 3. The normalized spacial score (nSPS) is 12.4. The lowest BCUT2D eigenvalue weighted by atomic mass is 10.3. The van der Waals surface area contributed by atoms with Gasteiger partial charge in [-0.15, -0.1) is 3.97 Å². The summed E-state index contributed by atoms with van der Waals surface area (Å²) in [6, 6.07) is 9.38. The Bertz CT molecular complexity index is 376. The fourth-order valence-corrected chi connectivity index (χ4v) is 1.75. The number of hydrogen-bond donors (Lipinski definition) is 1. The van der Waals surface area contributed by atoms with E-state index in [0.717, 1.165) is 5.69 Å². The van der Waals surface area contributed by atoms with E-state index in [4.69, 9.17) is 0 Å². The number of aromatic nitrogens is 2. The lowest BCUT2D eigenvalue weighted by Crippen LogP contribution is -2.19. The summed E-state index contributed by atoms with van der Waals surface area (Å²) in [5.41, 5.74) is 0.819. The van der Waals surface area contributed by atoms with E-state index in [9.17, 15) is 4.55 Å². The molecule has 0 amide bonds. The minimum Gasteiger partial charge on any atom is -0.568 e. The summed E-state index contributed by atoms with van der Waals surface area (Å²) < 4.78 is 15.9. The molecular weight excluding hydrogens is 198 g/mol. The smallest absolute Gasteiger partial charge is 0.200 e. The third kappa shape index (κ3) is 2.07. The van der Waals surface area contributed by atoms with Gasteiger partial charge in [-0.2, -0.15) is 4.72 Å². The van der Waals surface area contributed by atoms with E-state index in [2.05, 4.69) is 9.71 Å². The Hall–Kier alpha value is -1.46. The van der Waals surface area contributed by atoms with Crippen LogP contribution < -0.4 is 4.72 Å². The maximum Gasteiger partial charge on any atom is 0.200 e. The van der Waals surface area contributed by atoms with Crippen LogP contribution in [0.15, 0.2) is 49.1 Å². The molecule has 1 heterocycles. The molecule has 0 saturated carbocycles. The van der Waals surface area contributed by atoms with Gasteiger partial charge in [0.25, 0.3) is 0 Å².